The van der Waals surface area contributed by atoms with Crippen molar-refractivity contribution in [3.8, 4) is 0 Å². The molecular weight excluding hydrogens is 348 g/mol. The summed E-state index contributed by atoms with van der Waals surface area (Å²) in [7, 11) is -1.28. The van der Waals surface area contributed by atoms with E-state index in [1.165, 1.54) is 18.7 Å². The molecule has 0 atom stereocenters. The predicted molar refractivity (Wildman–Crippen MR) is 92.1 cm³/mol. The number of rotatable bonds is 6. The second kappa shape index (κ2) is 7.17. The SMILES string of the molecule is CCc1c(S(=O)(=O)N(C)CC(=O)OC(C)(C)C)c(C)n(C)c1C(=O)O. The van der Waals surface area contributed by atoms with E-state index in [1.807, 2.05) is 0 Å². The maximum absolute atomic E-state index is 12.9. The van der Waals surface area contributed by atoms with E-state index in [4.69, 9.17) is 4.74 Å². The summed E-state index contributed by atoms with van der Waals surface area (Å²) in [6, 6.07) is 0. The first-order valence-corrected chi connectivity index (χ1v) is 9.27. The van der Waals surface area contributed by atoms with Crippen LogP contribution in [-0.4, -0.2) is 53.5 Å². The van der Waals surface area contributed by atoms with Crippen LogP contribution in [0.2, 0.25) is 0 Å². The van der Waals surface area contributed by atoms with Crippen molar-refractivity contribution >= 4 is 22.0 Å². The van der Waals surface area contributed by atoms with Gasteiger partial charge in [-0.05, 0) is 34.1 Å². The molecule has 0 unspecified atom stereocenters. The number of carboxylic acids is 1. The monoisotopic (exact) mass is 374 g/mol. The molecule has 0 amide bonds. The molecule has 0 fully saturated rings. The van der Waals surface area contributed by atoms with Gasteiger partial charge in [0.05, 0.1) is 0 Å². The van der Waals surface area contributed by atoms with Gasteiger partial charge in [-0.25, -0.2) is 13.2 Å². The summed E-state index contributed by atoms with van der Waals surface area (Å²) >= 11 is 0. The van der Waals surface area contributed by atoms with Gasteiger partial charge < -0.3 is 14.4 Å². The van der Waals surface area contributed by atoms with E-state index in [9.17, 15) is 23.1 Å². The first kappa shape index (κ1) is 21.2. The number of aromatic nitrogens is 1. The van der Waals surface area contributed by atoms with Crippen molar-refractivity contribution < 1.29 is 27.9 Å². The Bertz CT molecular complexity index is 787. The van der Waals surface area contributed by atoms with Crippen LogP contribution in [0.3, 0.4) is 0 Å². The summed E-state index contributed by atoms with van der Waals surface area (Å²) in [6.07, 6.45) is 0.234. The third-order valence-corrected chi connectivity index (χ3v) is 5.73. The van der Waals surface area contributed by atoms with E-state index < -0.39 is 34.1 Å². The smallest absolute Gasteiger partial charge is 0.352 e. The molecule has 25 heavy (non-hydrogen) atoms. The number of carbonyl (C=O) groups excluding carboxylic acids is 1. The van der Waals surface area contributed by atoms with Gasteiger partial charge >= 0.3 is 11.9 Å². The van der Waals surface area contributed by atoms with Gasteiger partial charge in [0, 0.05) is 25.4 Å². The highest BCUT2D eigenvalue weighted by atomic mass is 32.2. The molecule has 1 N–H and O–H groups in total. The van der Waals surface area contributed by atoms with Gasteiger partial charge in [-0.1, -0.05) is 6.92 Å². The number of hydrogen-bond donors (Lipinski definition) is 1. The third kappa shape index (κ3) is 4.40. The minimum atomic E-state index is -4.05. The Labute approximate surface area is 148 Å². The lowest BCUT2D eigenvalue weighted by molar-refractivity contribution is -0.154. The van der Waals surface area contributed by atoms with E-state index in [0.717, 1.165) is 4.31 Å². The molecule has 1 aromatic rings. The molecule has 9 heteroatoms. The maximum atomic E-state index is 12.9. The Morgan fingerprint density at radius 2 is 1.80 bits per heavy atom. The van der Waals surface area contributed by atoms with Gasteiger partial charge in [0.15, 0.2) is 0 Å². The average molecular weight is 374 g/mol. The third-order valence-electron chi connectivity index (χ3n) is 3.72. The molecule has 142 valence electrons. The molecule has 0 saturated carbocycles. The highest BCUT2D eigenvalue weighted by Crippen LogP contribution is 2.29. The molecule has 0 aliphatic rings. The quantitative estimate of drug-likeness (QED) is 0.758. The molecule has 0 radical (unpaired) electrons. The van der Waals surface area contributed by atoms with Gasteiger partial charge in [-0.3, -0.25) is 4.79 Å². The van der Waals surface area contributed by atoms with Crippen LogP contribution in [0.5, 0.6) is 0 Å². The van der Waals surface area contributed by atoms with Gasteiger partial charge in [-0.2, -0.15) is 4.31 Å². The fourth-order valence-electron chi connectivity index (χ4n) is 2.59. The van der Waals surface area contributed by atoms with Crippen molar-refractivity contribution in [3.05, 3.63) is 17.0 Å². The summed E-state index contributed by atoms with van der Waals surface area (Å²) in [5.41, 5.74) is -0.256. The van der Waals surface area contributed by atoms with Gasteiger partial charge in [0.25, 0.3) is 0 Å². The van der Waals surface area contributed by atoms with E-state index in [-0.39, 0.29) is 22.6 Å². The van der Waals surface area contributed by atoms with Crippen molar-refractivity contribution in [1.29, 1.82) is 0 Å². The predicted octanol–water partition coefficient (Wildman–Crippen LogP) is 1.56. The second-order valence-electron chi connectivity index (χ2n) is 6.81. The van der Waals surface area contributed by atoms with Crippen LogP contribution < -0.4 is 0 Å². The molecule has 0 saturated heterocycles. The number of hydrogen-bond acceptors (Lipinski definition) is 5. The fourth-order valence-corrected chi connectivity index (χ4v) is 4.24. The van der Waals surface area contributed by atoms with Crippen molar-refractivity contribution in [3.63, 3.8) is 0 Å². The molecule has 0 aromatic carbocycles. The Balaban J connectivity index is 3.33. The summed E-state index contributed by atoms with van der Waals surface area (Å²) in [6.45, 7) is 7.84. The zero-order valence-corrected chi connectivity index (χ0v) is 16.5. The number of ether oxygens (including phenoxy) is 1. The van der Waals surface area contributed by atoms with Crippen molar-refractivity contribution in [2.45, 2.75) is 51.5 Å². The van der Waals surface area contributed by atoms with Crippen molar-refractivity contribution in [2.75, 3.05) is 13.6 Å². The van der Waals surface area contributed by atoms with E-state index >= 15 is 0 Å². The van der Waals surface area contributed by atoms with Gasteiger partial charge in [0.2, 0.25) is 10.0 Å². The molecule has 0 spiro atoms. The average Bonchev–Trinajstić information content (AvgIpc) is 2.68. The maximum Gasteiger partial charge on any atom is 0.352 e. The van der Waals surface area contributed by atoms with Crippen molar-refractivity contribution in [1.82, 2.24) is 8.87 Å². The lowest BCUT2D eigenvalue weighted by Gasteiger charge is -2.22. The Morgan fingerprint density at radius 3 is 2.20 bits per heavy atom. The summed E-state index contributed by atoms with van der Waals surface area (Å²) in [5.74, 6) is -1.87. The molecule has 0 aliphatic carbocycles. The minimum Gasteiger partial charge on any atom is -0.477 e. The Kier molecular flexibility index (Phi) is 6.07. The van der Waals surface area contributed by atoms with Gasteiger partial charge in [0.1, 0.15) is 22.7 Å². The van der Waals surface area contributed by atoms with E-state index in [0.29, 0.717) is 5.69 Å². The molecule has 8 nitrogen and oxygen atoms in total. The molecular formula is C16H26N2O6S. The number of aromatic carboxylic acids is 1. The lowest BCUT2D eigenvalue weighted by Crippen LogP contribution is -2.36. The van der Waals surface area contributed by atoms with Crippen LogP contribution in [0.15, 0.2) is 4.90 Å². The zero-order chi connectivity index (χ0) is 19.7. The van der Waals surface area contributed by atoms with Crippen LogP contribution in [0.1, 0.15) is 49.4 Å². The number of carboxylic acid groups (broad SMARTS) is 1. The number of carbonyl (C=O) groups is 2. The van der Waals surface area contributed by atoms with Crippen LogP contribution >= 0.6 is 0 Å². The fraction of sp³-hybridized carbons (Fsp3) is 0.625. The van der Waals surface area contributed by atoms with E-state index in [2.05, 4.69) is 0 Å². The highest BCUT2D eigenvalue weighted by Gasteiger charge is 2.34. The molecule has 0 aliphatic heterocycles. The first-order chi connectivity index (χ1) is 11.2. The molecule has 1 heterocycles. The van der Waals surface area contributed by atoms with Gasteiger partial charge in [-0.15, -0.1) is 0 Å². The largest absolute Gasteiger partial charge is 0.477 e. The Morgan fingerprint density at radius 1 is 1.28 bits per heavy atom. The van der Waals surface area contributed by atoms with Crippen LogP contribution in [0, 0.1) is 6.92 Å². The second-order valence-corrected chi connectivity index (χ2v) is 8.79. The van der Waals surface area contributed by atoms with Crippen LogP contribution in [0.25, 0.3) is 0 Å². The lowest BCUT2D eigenvalue weighted by atomic mass is 10.2. The Hall–Kier alpha value is -1.87. The first-order valence-electron chi connectivity index (χ1n) is 7.83. The van der Waals surface area contributed by atoms with E-state index in [1.54, 1.807) is 34.6 Å². The normalized spacial score (nSPS) is 12.5. The molecule has 1 aromatic heterocycles. The zero-order valence-electron chi connectivity index (χ0n) is 15.7. The standard InChI is InChI=1S/C16H26N2O6S/c1-8-11-13(15(20)21)18(7)10(2)14(11)25(22,23)17(6)9-12(19)24-16(3,4)5/h8-9H2,1-7H3,(H,20,21). The number of likely N-dealkylation sites (N-methyl/N-ethyl adjacent to an activating group) is 1. The number of nitrogens with zero attached hydrogens (tertiary/aromatic N) is 2. The van der Waals surface area contributed by atoms with Crippen molar-refractivity contribution in [2.24, 2.45) is 7.05 Å². The molecule has 0 bridgehead atoms. The molecule has 1 rings (SSSR count). The minimum absolute atomic E-state index is 0.0655. The highest BCUT2D eigenvalue weighted by molar-refractivity contribution is 7.89. The number of esters is 1. The number of sulfonamides is 1. The topological polar surface area (TPSA) is 106 Å². The van der Waals surface area contributed by atoms with Crippen LogP contribution in [0.4, 0.5) is 0 Å². The van der Waals surface area contributed by atoms with Crippen LogP contribution in [-0.2, 0) is 33.0 Å². The summed E-state index contributed by atoms with van der Waals surface area (Å²) < 4.78 is 33.2. The summed E-state index contributed by atoms with van der Waals surface area (Å²) in [5, 5.41) is 9.39. The summed E-state index contributed by atoms with van der Waals surface area (Å²) in [4.78, 5) is 23.4.